The molecule has 2 rings (SSSR count). The SMILES string of the molecule is COC(=O)c1ccc(C=CCNC(=O)OCc2ccccc2)c(O)c1. The molecule has 0 aromatic heterocycles. The summed E-state index contributed by atoms with van der Waals surface area (Å²) in [5.74, 6) is -0.570. The van der Waals surface area contributed by atoms with E-state index in [4.69, 9.17) is 4.74 Å². The highest BCUT2D eigenvalue weighted by Crippen LogP contribution is 2.20. The van der Waals surface area contributed by atoms with Gasteiger partial charge in [0.1, 0.15) is 12.4 Å². The number of aromatic hydroxyl groups is 1. The molecule has 0 atom stereocenters. The standard InChI is InChI=1S/C19H19NO5/c1-24-18(22)16-10-9-15(17(21)12-16)8-5-11-20-19(23)25-13-14-6-3-2-4-7-14/h2-10,12,21H,11,13H2,1H3,(H,20,23). The summed E-state index contributed by atoms with van der Waals surface area (Å²) in [6.45, 7) is 0.442. The van der Waals surface area contributed by atoms with Crippen molar-refractivity contribution in [2.45, 2.75) is 6.61 Å². The van der Waals surface area contributed by atoms with Crippen molar-refractivity contribution in [2.75, 3.05) is 13.7 Å². The molecule has 0 fully saturated rings. The van der Waals surface area contributed by atoms with Crippen molar-refractivity contribution in [2.24, 2.45) is 0 Å². The second-order valence-corrected chi connectivity index (χ2v) is 5.11. The van der Waals surface area contributed by atoms with Crippen LogP contribution in [0.5, 0.6) is 5.75 Å². The molecule has 0 saturated heterocycles. The molecule has 2 N–H and O–H groups in total. The zero-order chi connectivity index (χ0) is 18.1. The zero-order valence-electron chi connectivity index (χ0n) is 13.8. The van der Waals surface area contributed by atoms with Crippen LogP contribution in [0.3, 0.4) is 0 Å². The Kier molecular flexibility index (Phi) is 6.59. The predicted octanol–water partition coefficient (Wildman–Crippen LogP) is 3.12. The number of amides is 1. The molecule has 1 amide bonds. The van der Waals surface area contributed by atoms with Gasteiger partial charge in [-0.15, -0.1) is 0 Å². The van der Waals surface area contributed by atoms with Crippen LogP contribution in [-0.4, -0.2) is 30.8 Å². The molecular formula is C19H19NO5. The Hall–Kier alpha value is -3.28. The van der Waals surface area contributed by atoms with E-state index in [1.54, 1.807) is 24.3 Å². The highest BCUT2D eigenvalue weighted by Gasteiger charge is 2.07. The van der Waals surface area contributed by atoms with E-state index in [1.165, 1.54) is 13.2 Å². The third kappa shape index (κ3) is 5.69. The molecule has 25 heavy (non-hydrogen) atoms. The molecule has 0 unspecified atom stereocenters. The molecule has 6 nitrogen and oxygen atoms in total. The second-order valence-electron chi connectivity index (χ2n) is 5.11. The maximum atomic E-state index is 11.6. The molecule has 0 bridgehead atoms. The summed E-state index contributed by atoms with van der Waals surface area (Å²) in [6.07, 6.45) is 2.77. The van der Waals surface area contributed by atoms with Crippen LogP contribution >= 0.6 is 0 Å². The molecule has 0 heterocycles. The van der Waals surface area contributed by atoms with Crippen LogP contribution in [0, 0.1) is 0 Å². The number of esters is 1. The van der Waals surface area contributed by atoms with E-state index in [0.29, 0.717) is 5.56 Å². The van der Waals surface area contributed by atoms with Crippen LogP contribution in [0.15, 0.2) is 54.6 Å². The van der Waals surface area contributed by atoms with Gasteiger partial charge in [0.05, 0.1) is 12.7 Å². The van der Waals surface area contributed by atoms with Crippen LogP contribution in [0.1, 0.15) is 21.5 Å². The molecule has 6 heteroatoms. The summed E-state index contributed by atoms with van der Waals surface area (Å²) in [7, 11) is 1.27. The first kappa shape index (κ1) is 18.1. The number of alkyl carbamates (subject to hydrolysis) is 1. The third-order valence-corrected chi connectivity index (χ3v) is 3.33. The summed E-state index contributed by atoms with van der Waals surface area (Å²) in [5, 5.41) is 12.5. The van der Waals surface area contributed by atoms with Gasteiger partial charge in [0.15, 0.2) is 0 Å². The lowest BCUT2D eigenvalue weighted by atomic mass is 10.1. The number of hydrogen-bond acceptors (Lipinski definition) is 5. The minimum atomic E-state index is -0.529. The Balaban J connectivity index is 1.79. The van der Waals surface area contributed by atoms with Crippen LogP contribution in [0.25, 0.3) is 6.08 Å². The molecule has 130 valence electrons. The van der Waals surface area contributed by atoms with Crippen LogP contribution < -0.4 is 5.32 Å². The Morgan fingerprint density at radius 2 is 1.92 bits per heavy atom. The Labute approximate surface area is 145 Å². The predicted molar refractivity (Wildman–Crippen MR) is 93.1 cm³/mol. The molecule has 0 radical (unpaired) electrons. The van der Waals surface area contributed by atoms with Gasteiger partial charge >= 0.3 is 12.1 Å². The lowest BCUT2D eigenvalue weighted by molar-refractivity contribution is 0.0600. The number of rotatable bonds is 6. The van der Waals surface area contributed by atoms with Gasteiger partial charge in [0.25, 0.3) is 0 Å². The van der Waals surface area contributed by atoms with Crippen LogP contribution in [0.2, 0.25) is 0 Å². The summed E-state index contributed by atoms with van der Waals surface area (Å²) in [5.41, 5.74) is 1.69. The summed E-state index contributed by atoms with van der Waals surface area (Å²) < 4.78 is 9.66. The fraction of sp³-hybridized carbons (Fsp3) is 0.158. The largest absolute Gasteiger partial charge is 0.507 e. The lowest BCUT2D eigenvalue weighted by Gasteiger charge is -2.05. The monoisotopic (exact) mass is 341 g/mol. The van der Waals surface area contributed by atoms with Gasteiger partial charge < -0.3 is 19.9 Å². The maximum absolute atomic E-state index is 11.6. The zero-order valence-corrected chi connectivity index (χ0v) is 13.8. The number of carbonyl (C=O) groups is 2. The van der Waals surface area contributed by atoms with E-state index >= 15 is 0 Å². The van der Waals surface area contributed by atoms with Crippen molar-refractivity contribution in [3.05, 3.63) is 71.3 Å². The van der Waals surface area contributed by atoms with Crippen LogP contribution in [0.4, 0.5) is 4.79 Å². The van der Waals surface area contributed by atoms with Gasteiger partial charge in [-0.25, -0.2) is 9.59 Å². The quantitative estimate of drug-likeness (QED) is 0.789. The Bertz CT molecular complexity index is 756. The average molecular weight is 341 g/mol. The van der Waals surface area contributed by atoms with E-state index < -0.39 is 12.1 Å². The lowest BCUT2D eigenvalue weighted by Crippen LogP contribution is -2.24. The van der Waals surface area contributed by atoms with E-state index in [2.05, 4.69) is 10.1 Å². The van der Waals surface area contributed by atoms with Gasteiger partial charge in [0, 0.05) is 12.1 Å². The minimum Gasteiger partial charge on any atom is -0.507 e. The first-order chi connectivity index (χ1) is 12.1. The smallest absolute Gasteiger partial charge is 0.407 e. The molecule has 0 saturated carbocycles. The molecule has 0 aliphatic rings. The number of benzene rings is 2. The van der Waals surface area contributed by atoms with Crippen molar-refractivity contribution in [3.63, 3.8) is 0 Å². The van der Waals surface area contributed by atoms with Gasteiger partial charge in [-0.2, -0.15) is 0 Å². The molecule has 0 aliphatic heterocycles. The summed E-state index contributed by atoms with van der Waals surface area (Å²) in [6, 6.07) is 13.8. The minimum absolute atomic E-state index is 0.0502. The van der Waals surface area contributed by atoms with Crippen LogP contribution in [-0.2, 0) is 16.1 Å². The molecule has 0 spiro atoms. The van der Waals surface area contributed by atoms with E-state index in [0.717, 1.165) is 5.56 Å². The van der Waals surface area contributed by atoms with E-state index in [1.807, 2.05) is 30.3 Å². The van der Waals surface area contributed by atoms with Gasteiger partial charge in [0.2, 0.25) is 0 Å². The van der Waals surface area contributed by atoms with E-state index in [9.17, 15) is 14.7 Å². The van der Waals surface area contributed by atoms with Gasteiger partial charge in [-0.1, -0.05) is 48.6 Å². The number of ether oxygens (including phenoxy) is 2. The van der Waals surface area contributed by atoms with Gasteiger partial charge in [-0.3, -0.25) is 0 Å². The van der Waals surface area contributed by atoms with E-state index in [-0.39, 0.29) is 24.5 Å². The highest BCUT2D eigenvalue weighted by molar-refractivity contribution is 5.90. The molecule has 2 aromatic rings. The number of carbonyl (C=O) groups excluding carboxylic acids is 2. The first-order valence-electron chi connectivity index (χ1n) is 7.62. The number of phenolic OH excluding ortho intramolecular Hbond substituents is 1. The van der Waals surface area contributed by atoms with Crippen molar-refractivity contribution in [1.29, 1.82) is 0 Å². The summed E-state index contributed by atoms with van der Waals surface area (Å²) in [4.78, 5) is 22.9. The number of nitrogens with one attached hydrogen (secondary N) is 1. The molecule has 2 aromatic carbocycles. The summed E-state index contributed by atoms with van der Waals surface area (Å²) >= 11 is 0. The number of methoxy groups -OCH3 is 1. The fourth-order valence-corrected chi connectivity index (χ4v) is 2.03. The number of phenols is 1. The fourth-order valence-electron chi connectivity index (χ4n) is 2.03. The second kappa shape index (κ2) is 9.12. The third-order valence-electron chi connectivity index (χ3n) is 3.33. The Morgan fingerprint density at radius 1 is 1.16 bits per heavy atom. The molecular weight excluding hydrogens is 322 g/mol. The van der Waals surface area contributed by atoms with Crippen molar-refractivity contribution < 1.29 is 24.2 Å². The van der Waals surface area contributed by atoms with Crippen molar-refractivity contribution in [1.82, 2.24) is 5.32 Å². The maximum Gasteiger partial charge on any atom is 0.407 e. The number of hydrogen-bond donors (Lipinski definition) is 2. The normalized spacial score (nSPS) is 10.4. The van der Waals surface area contributed by atoms with Crippen molar-refractivity contribution in [3.8, 4) is 5.75 Å². The highest BCUT2D eigenvalue weighted by atomic mass is 16.5. The molecule has 0 aliphatic carbocycles. The topological polar surface area (TPSA) is 84.9 Å². The first-order valence-corrected chi connectivity index (χ1v) is 7.62. The average Bonchev–Trinajstić information content (AvgIpc) is 2.64. The Morgan fingerprint density at radius 3 is 2.60 bits per heavy atom. The van der Waals surface area contributed by atoms with Gasteiger partial charge in [-0.05, 0) is 17.7 Å². The van der Waals surface area contributed by atoms with Crippen molar-refractivity contribution >= 4 is 18.1 Å².